The van der Waals surface area contributed by atoms with Crippen molar-refractivity contribution >= 4 is 27.4 Å². The minimum Gasteiger partial charge on any atom is -0.489 e. The van der Waals surface area contributed by atoms with Crippen LogP contribution < -0.4 is 9.64 Å². The van der Waals surface area contributed by atoms with E-state index in [1.807, 2.05) is 0 Å². The van der Waals surface area contributed by atoms with Gasteiger partial charge in [-0.25, -0.2) is 26.4 Å². The Bertz CT molecular complexity index is 1330. The Labute approximate surface area is 220 Å². The zero-order chi connectivity index (χ0) is 29.6. The Balaban J connectivity index is 2.26. The highest BCUT2D eigenvalue weighted by atomic mass is 32.2. The monoisotopic (exact) mass is 584 g/mol. The van der Waals surface area contributed by atoms with Crippen molar-refractivity contribution in [2.45, 2.75) is 55.3 Å². The lowest BCUT2D eigenvalue weighted by molar-refractivity contribution is -0.159. The van der Waals surface area contributed by atoms with Gasteiger partial charge in [0.2, 0.25) is 15.9 Å². The van der Waals surface area contributed by atoms with Crippen LogP contribution in [0.25, 0.3) is 0 Å². The van der Waals surface area contributed by atoms with Crippen LogP contribution >= 0.6 is 0 Å². The number of carbonyl (C=O) groups is 1. The summed E-state index contributed by atoms with van der Waals surface area (Å²) in [5.41, 5.74) is -4.48. The number of fused-ring (bicyclic) bond motifs is 1. The molecule has 0 saturated carbocycles. The fraction of sp³-hybridized carbons (Fsp3) is 0.458. The van der Waals surface area contributed by atoms with Crippen molar-refractivity contribution in [3.05, 3.63) is 47.8 Å². The van der Waals surface area contributed by atoms with Gasteiger partial charge >= 0.3 is 12.1 Å². The van der Waals surface area contributed by atoms with Crippen LogP contribution in [0.2, 0.25) is 0 Å². The molecule has 0 radical (unpaired) electrons. The van der Waals surface area contributed by atoms with E-state index in [4.69, 9.17) is 9.84 Å². The van der Waals surface area contributed by atoms with Gasteiger partial charge in [-0.1, -0.05) is 0 Å². The predicted octanol–water partition coefficient (Wildman–Crippen LogP) is 4.64. The summed E-state index contributed by atoms with van der Waals surface area (Å²) >= 11 is 0. The molecule has 2 aromatic rings. The number of alkyl halides is 5. The molecule has 15 heteroatoms. The number of rotatable bonds is 8. The molecular weight excluding hydrogens is 558 g/mol. The fourth-order valence-electron chi connectivity index (χ4n) is 3.92. The Morgan fingerprint density at radius 1 is 1.10 bits per heavy atom. The van der Waals surface area contributed by atoms with Gasteiger partial charge < -0.3 is 19.8 Å². The number of aliphatic carboxylic acids is 1. The summed E-state index contributed by atoms with van der Waals surface area (Å²) in [5, 5.41) is 19.0. The molecule has 0 aliphatic carbocycles. The highest BCUT2D eigenvalue weighted by Crippen LogP contribution is 2.46. The fourth-order valence-corrected chi connectivity index (χ4v) is 5.49. The van der Waals surface area contributed by atoms with Crippen LogP contribution in [-0.2, 0) is 21.0 Å². The Hall–Kier alpha value is -3.04. The van der Waals surface area contributed by atoms with E-state index in [0.717, 1.165) is 35.3 Å². The van der Waals surface area contributed by atoms with Crippen LogP contribution in [0.1, 0.15) is 32.3 Å². The van der Waals surface area contributed by atoms with Crippen LogP contribution in [-0.4, -0.2) is 66.7 Å². The van der Waals surface area contributed by atoms with Crippen LogP contribution in [0.3, 0.4) is 0 Å². The average Bonchev–Trinajstić information content (AvgIpc) is 2.88. The van der Waals surface area contributed by atoms with Crippen molar-refractivity contribution in [2.24, 2.45) is 0 Å². The molecule has 0 saturated heterocycles. The summed E-state index contributed by atoms with van der Waals surface area (Å²) in [6.07, 6.45) is -6.21. The summed E-state index contributed by atoms with van der Waals surface area (Å²) in [4.78, 5) is 11.7. The maximum absolute atomic E-state index is 14.1. The molecule has 8 nitrogen and oxygen atoms in total. The maximum Gasteiger partial charge on any atom is 0.420 e. The molecule has 0 fully saturated rings. The van der Waals surface area contributed by atoms with E-state index < -0.39 is 80.5 Å². The van der Waals surface area contributed by atoms with Gasteiger partial charge in [-0.15, -0.1) is 0 Å². The molecule has 2 atom stereocenters. The lowest BCUT2D eigenvalue weighted by atomic mass is 10.1. The number of hydrogen-bond donors (Lipinski definition) is 2. The number of sulfonamides is 1. The third kappa shape index (κ3) is 6.76. The number of nitrogens with zero attached hydrogens (tertiary/aromatic N) is 2. The van der Waals surface area contributed by atoms with Gasteiger partial charge in [-0.3, -0.25) is 0 Å². The standard InChI is InChI=1S/C24H26F6N2O6S/c1-22(35,21(33)34)13-38-19-11-20-18(10-17(19)24(28,29)30)32(15-6-4-14(25)5-7-15)12-16(8-9-23(2,26)27)31(3)39(20,36)37/h4-7,10-11,16,35H,8-9,12-13H2,1-3H3,(H,33,34)/t16-,22?/m1/s1. The van der Waals surface area contributed by atoms with E-state index >= 15 is 0 Å². The van der Waals surface area contributed by atoms with Gasteiger partial charge in [-0.2, -0.15) is 17.5 Å². The second-order valence-electron chi connectivity index (χ2n) is 9.55. The van der Waals surface area contributed by atoms with Gasteiger partial charge in [0.1, 0.15) is 23.1 Å². The minimum atomic E-state index is -5.13. The van der Waals surface area contributed by atoms with Gasteiger partial charge in [0.05, 0.1) is 11.3 Å². The minimum absolute atomic E-state index is 0.0898. The third-order valence-corrected chi connectivity index (χ3v) is 8.19. The molecule has 1 aliphatic rings. The molecule has 2 N–H and O–H groups in total. The lowest BCUT2D eigenvalue weighted by Crippen LogP contribution is -2.41. The number of hydrogen-bond acceptors (Lipinski definition) is 6. The third-order valence-electron chi connectivity index (χ3n) is 6.25. The number of anilines is 2. The first-order valence-electron chi connectivity index (χ1n) is 11.5. The SMILES string of the molecule is CN1[C@H](CCC(C)(F)F)CN(c2ccc(F)cc2)c2cc(C(F)(F)F)c(OCC(C)(O)C(=O)O)cc2S1(=O)=O. The van der Waals surface area contributed by atoms with Gasteiger partial charge in [0, 0.05) is 37.8 Å². The quantitative estimate of drug-likeness (QED) is 0.436. The number of ether oxygens (including phenoxy) is 1. The first kappa shape index (κ1) is 30.5. The highest BCUT2D eigenvalue weighted by molar-refractivity contribution is 7.89. The highest BCUT2D eigenvalue weighted by Gasteiger charge is 2.43. The summed E-state index contributed by atoms with van der Waals surface area (Å²) < 4.78 is 116. The Morgan fingerprint density at radius 2 is 1.69 bits per heavy atom. The molecule has 1 aliphatic heterocycles. The second kappa shape index (κ2) is 10.5. The number of halogens is 6. The summed E-state index contributed by atoms with van der Waals surface area (Å²) in [6, 6.07) is 4.30. The summed E-state index contributed by atoms with van der Waals surface area (Å²) in [7, 11) is -3.54. The van der Waals surface area contributed by atoms with Crippen LogP contribution in [0.4, 0.5) is 37.7 Å². The molecule has 0 spiro atoms. The molecule has 0 amide bonds. The molecular formula is C24H26F6N2O6S. The van der Waals surface area contributed by atoms with Crippen LogP contribution in [0.5, 0.6) is 5.75 Å². The van der Waals surface area contributed by atoms with E-state index in [1.165, 1.54) is 12.1 Å². The molecule has 39 heavy (non-hydrogen) atoms. The smallest absolute Gasteiger partial charge is 0.420 e. The molecule has 3 rings (SSSR count). The maximum atomic E-state index is 14.1. The van der Waals surface area contributed by atoms with Crippen molar-refractivity contribution < 1.29 is 54.5 Å². The predicted molar refractivity (Wildman–Crippen MR) is 127 cm³/mol. The van der Waals surface area contributed by atoms with Crippen LogP contribution in [0.15, 0.2) is 41.3 Å². The average molecular weight is 585 g/mol. The largest absolute Gasteiger partial charge is 0.489 e. The van der Waals surface area contributed by atoms with Crippen molar-refractivity contribution in [3.63, 3.8) is 0 Å². The first-order chi connectivity index (χ1) is 17.7. The Morgan fingerprint density at radius 3 is 2.21 bits per heavy atom. The second-order valence-corrected chi connectivity index (χ2v) is 11.5. The summed E-state index contributed by atoms with van der Waals surface area (Å²) in [6.45, 7) is -0.0808. The molecule has 2 aromatic carbocycles. The van der Waals surface area contributed by atoms with Crippen molar-refractivity contribution in [3.8, 4) is 5.75 Å². The number of carboxylic acids is 1. The van der Waals surface area contributed by atoms with Gasteiger partial charge in [0.25, 0.3) is 0 Å². The van der Waals surface area contributed by atoms with Crippen molar-refractivity contribution in [1.29, 1.82) is 0 Å². The number of likely N-dealkylation sites (N-methyl/N-ethyl adjacent to an activating group) is 1. The first-order valence-corrected chi connectivity index (χ1v) is 12.9. The molecule has 1 heterocycles. The molecule has 0 aromatic heterocycles. The van der Waals surface area contributed by atoms with E-state index in [1.54, 1.807) is 0 Å². The van der Waals surface area contributed by atoms with Gasteiger partial charge in [0.15, 0.2) is 5.60 Å². The van der Waals surface area contributed by atoms with E-state index in [0.29, 0.717) is 19.1 Å². The summed E-state index contributed by atoms with van der Waals surface area (Å²) in [5.74, 6) is -6.70. The number of carboxylic acid groups (broad SMARTS) is 1. The molecule has 216 valence electrons. The number of aliphatic hydroxyl groups is 1. The number of benzene rings is 2. The van der Waals surface area contributed by atoms with Gasteiger partial charge in [-0.05, 0) is 50.6 Å². The molecule has 0 bridgehead atoms. The molecule has 1 unspecified atom stereocenters. The van der Waals surface area contributed by atoms with E-state index in [-0.39, 0.29) is 18.7 Å². The topological polar surface area (TPSA) is 107 Å². The van der Waals surface area contributed by atoms with E-state index in [9.17, 15) is 44.7 Å². The normalized spacial score (nSPS) is 19.6. The van der Waals surface area contributed by atoms with Crippen molar-refractivity contribution in [1.82, 2.24) is 4.31 Å². The van der Waals surface area contributed by atoms with E-state index in [2.05, 4.69) is 0 Å². The van der Waals surface area contributed by atoms with Crippen molar-refractivity contribution in [2.75, 3.05) is 25.1 Å². The van der Waals surface area contributed by atoms with Crippen LogP contribution in [0, 0.1) is 5.82 Å². The Kier molecular flexibility index (Phi) is 8.21. The lowest BCUT2D eigenvalue weighted by Gasteiger charge is -2.30. The zero-order valence-corrected chi connectivity index (χ0v) is 21.8. The zero-order valence-electron chi connectivity index (χ0n) is 21.0.